The van der Waals surface area contributed by atoms with Crippen LogP contribution in [-0.2, 0) is 0 Å². The van der Waals surface area contributed by atoms with Gasteiger partial charge in [0.15, 0.2) is 0 Å². The molecule has 14 heavy (non-hydrogen) atoms. The molecule has 0 atom stereocenters. The summed E-state index contributed by atoms with van der Waals surface area (Å²) in [5.74, 6) is 0.601. The molecule has 80 valence electrons. The third-order valence-electron chi connectivity index (χ3n) is 2.04. The zero-order valence-corrected chi connectivity index (χ0v) is 10.3. The van der Waals surface area contributed by atoms with Gasteiger partial charge in [0.1, 0.15) is 0 Å². The van der Waals surface area contributed by atoms with Crippen LogP contribution in [0.1, 0.15) is 39.2 Å². The topological polar surface area (TPSA) is 3.24 Å². The molecule has 1 nitrogen and oxygen atoms in total. The van der Waals surface area contributed by atoms with Gasteiger partial charge >= 0.3 is 0 Å². The average Bonchev–Trinajstić information content (AvgIpc) is 2.20. The van der Waals surface area contributed by atoms with Crippen molar-refractivity contribution in [2.45, 2.75) is 33.6 Å². The maximum absolute atomic E-state index is 2.22. The molecule has 0 fully saturated rings. The second-order valence-electron chi connectivity index (χ2n) is 3.61. The van der Waals surface area contributed by atoms with Crippen LogP contribution in [0.3, 0.4) is 0 Å². The van der Waals surface area contributed by atoms with Crippen LogP contribution in [-0.4, -0.2) is 14.1 Å². The van der Waals surface area contributed by atoms with Crippen molar-refractivity contribution in [3.63, 3.8) is 0 Å². The molecule has 0 N–H and O–H groups in total. The summed E-state index contributed by atoms with van der Waals surface area (Å²) in [4.78, 5) is 2.16. The molecule has 0 spiro atoms. The highest BCUT2D eigenvalue weighted by Crippen LogP contribution is 2.25. The van der Waals surface area contributed by atoms with Gasteiger partial charge in [-0.25, -0.2) is 0 Å². The zero-order chi connectivity index (χ0) is 11.1. The Balaban J connectivity index is 0.000000791. The summed E-state index contributed by atoms with van der Waals surface area (Å²) in [6.07, 6.45) is 0. The molecule has 0 saturated carbocycles. The summed E-state index contributed by atoms with van der Waals surface area (Å²) in [5.41, 5.74) is 2.75. The largest absolute Gasteiger partial charge is 0.377 e. The van der Waals surface area contributed by atoms with E-state index >= 15 is 0 Å². The summed E-state index contributed by atoms with van der Waals surface area (Å²) < 4.78 is 0. The van der Waals surface area contributed by atoms with E-state index in [2.05, 4.69) is 57.1 Å². The van der Waals surface area contributed by atoms with Crippen LogP contribution in [0.25, 0.3) is 0 Å². The molecule has 0 aliphatic carbocycles. The van der Waals surface area contributed by atoms with Gasteiger partial charge in [0, 0.05) is 19.8 Å². The maximum atomic E-state index is 2.22. The lowest BCUT2D eigenvalue weighted by Crippen LogP contribution is -2.11. The van der Waals surface area contributed by atoms with Crippen molar-refractivity contribution in [2.75, 3.05) is 19.0 Å². The van der Waals surface area contributed by atoms with Gasteiger partial charge in [0.05, 0.1) is 0 Å². The van der Waals surface area contributed by atoms with Crippen LogP contribution >= 0.6 is 0 Å². The Labute approximate surface area is 88.8 Å². The normalized spacial score (nSPS) is 9.36. The Morgan fingerprint density at radius 2 is 1.50 bits per heavy atom. The Morgan fingerprint density at radius 3 is 1.86 bits per heavy atom. The van der Waals surface area contributed by atoms with Gasteiger partial charge in [-0.15, -0.1) is 0 Å². The summed E-state index contributed by atoms with van der Waals surface area (Å²) in [5, 5.41) is 0. The number of rotatable bonds is 2. The van der Waals surface area contributed by atoms with E-state index in [9.17, 15) is 0 Å². The number of nitrogens with zero attached hydrogens (tertiary/aromatic N) is 1. The highest BCUT2D eigenvalue weighted by molar-refractivity contribution is 5.53. The van der Waals surface area contributed by atoms with Crippen LogP contribution in [0, 0.1) is 0 Å². The molecule has 0 saturated heterocycles. The van der Waals surface area contributed by atoms with E-state index in [0.29, 0.717) is 5.92 Å². The van der Waals surface area contributed by atoms with E-state index in [1.807, 2.05) is 13.8 Å². The van der Waals surface area contributed by atoms with Gasteiger partial charge in [-0.2, -0.15) is 0 Å². The molecule has 0 bridgehead atoms. The van der Waals surface area contributed by atoms with Crippen LogP contribution in [0.2, 0.25) is 0 Å². The molecule has 0 unspecified atom stereocenters. The van der Waals surface area contributed by atoms with Crippen molar-refractivity contribution in [3.05, 3.63) is 29.8 Å². The van der Waals surface area contributed by atoms with Gasteiger partial charge in [0.2, 0.25) is 0 Å². The van der Waals surface area contributed by atoms with E-state index in [0.717, 1.165) is 0 Å². The average molecular weight is 193 g/mol. The SMILES string of the molecule is CC.CC(C)c1ccccc1N(C)C. The van der Waals surface area contributed by atoms with E-state index in [1.54, 1.807) is 0 Å². The third-order valence-corrected chi connectivity index (χ3v) is 2.04. The first-order valence-corrected chi connectivity index (χ1v) is 5.39. The lowest BCUT2D eigenvalue weighted by Gasteiger charge is -2.19. The molecule has 0 amide bonds. The van der Waals surface area contributed by atoms with Gasteiger partial charge in [-0.3, -0.25) is 0 Å². The third kappa shape index (κ3) is 3.41. The number of hydrogen-bond donors (Lipinski definition) is 0. The van der Waals surface area contributed by atoms with E-state index in [-0.39, 0.29) is 0 Å². The molecule has 1 aromatic rings. The highest BCUT2D eigenvalue weighted by Gasteiger charge is 2.05. The maximum Gasteiger partial charge on any atom is 0.0396 e. The minimum atomic E-state index is 0.601. The zero-order valence-electron chi connectivity index (χ0n) is 10.3. The number of benzene rings is 1. The Morgan fingerprint density at radius 1 is 1.00 bits per heavy atom. The predicted molar refractivity (Wildman–Crippen MR) is 66.2 cm³/mol. The molecular formula is C13H23N. The summed E-state index contributed by atoms with van der Waals surface area (Å²) in [7, 11) is 4.17. The first-order valence-electron chi connectivity index (χ1n) is 5.39. The number of para-hydroxylation sites is 1. The van der Waals surface area contributed by atoms with Gasteiger partial charge in [-0.1, -0.05) is 45.9 Å². The monoisotopic (exact) mass is 193 g/mol. The standard InChI is InChI=1S/C11H17N.C2H6/c1-9(2)10-7-5-6-8-11(10)12(3)4;1-2/h5-9H,1-4H3;1-2H3. The molecule has 0 aliphatic heterocycles. The first kappa shape index (κ1) is 13.0. The quantitative estimate of drug-likeness (QED) is 0.688. The van der Waals surface area contributed by atoms with Gasteiger partial charge in [-0.05, 0) is 17.5 Å². The molecular weight excluding hydrogens is 170 g/mol. The highest BCUT2D eigenvalue weighted by atomic mass is 15.1. The van der Waals surface area contributed by atoms with Crippen molar-refractivity contribution in [3.8, 4) is 0 Å². The number of anilines is 1. The van der Waals surface area contributed by atoms with Crippen LogP contribution in [0.5, 0.6) is 0 Å². The van der Waals surface area contributed by atoms with Crippen molar-refractivity contribution < 1.29 is 0 Å². The molecule has 1 rings (SSSR count). The minimum absolute atomic E-state index is 0.601. The van der Waals surface area contributed by atoms with Crippen molar-refractivity contribution in [2.24, 2.45) is 0 Å². The van der Waals surface area contributed by atoms with Crippen molar-refractivity contribution >= 4 is 5.69 Å². The fourth-order valence-electron chi connectivity index (χ4n) is 1.38. The number of hydrogen-bond acceptors (Lipinski definition) is 1. The second-order valence-corrected chi connectivity index (χ2v) is 3.61. The molecule has 0 aliphatic rings. The summed E-state index contributed by atoms with van der Waals surface area (Å²) in [6.45, 7) is 8.45. The summed E-state index contributed by atoms with van der Waals surface area (Å²) in [6, 6.07) is 8.54. The Hall–Kier alpha value is -0.980. The Bertz CT molecular complexity index is 224. The van der Waals surface area contributed by atoms with E-state index in [4.69, 9.17) is 0 Å². The van der Waals surface area contributed by atoms with Crippen molar-refractivity contribution in [1.29, 1.82) is 0 Å². The molecule has 1 heteroatoms. The Kier molecular flexibility index (Phi) is 6.02. The fourth-order valence-corrected chi connectivity index (χ4v) is 1.38. The first-order chi connectivity index (χ1) is 6.63. The van der Waals surface area contributed by atoms with Crippen molar-refractivity contribution in [1.82, 2.24) is 0 Å². The summed E-state index contributed by atoms with van der Waals surface area (Å²) >= 11 is 0. The molecule has 0 radical (unpaired) electrons. The smallest absolute Gasteiger partial charge is 0.0396 e. The molecule has 0 heterocycles. The van der Waals surface area contributed by atoms with Crippen LogP contribution in [0.4, 0.5) is 5.69 Å². The predicted octanol–water partition coefficient (Wildman–Crippen LogP) is 3.90. The van der Waals surface area contributed by atoms with Crippen LogP contribution in [0.15, 0.2) is 24.3 Å². The molecule has 1 aromatic carbocycles. The lowest BCUT2D eigenvalue weighted by atomic mass is 10.0. The fraction of sp³-hybridized carbons (Fsp3) is 0.538. The van der Waals surface area contributed by atoms with Gasteiger partial charge < -0.3 is 4.90 Å². The van der Waals surface area contributed by atoms with Gasteiger partial charge in [0.25, 0.3) is 0 Å². The minimum Gasteiger partial charge on any atom is -0.377 e. The second kappa shape index (κ2) is 6.47. The van der Waals surface area contributed by atoms with E-state index < -0.39 is 0 Å². The molecule has 0 aromatic heterocycles. The van der Waals surface area contributed by atoms with Crippen LogP contribution < -0.4 is 4.90 Å². The lowest BCUT2D eigenvalue weighted by molar-refractivity contribution is 0.858. The van der Waals surface area contributed by atoms with E-state index in [1.165, 1.54) is 11.3 Å².